The molecule has 0 fully saturated rings. The van der Waals surface area contributed by atoms with Crippen molar-refractivity contribution in [2.75, 3.05) is 5.73 Å². The maximum absolute atomic E-state index is 6.25. The van der Waals surface area contributed by atoms with E-state index in [9.17, 15) is 0 Å². The van der Waals surface area contributed by atoms with Crippen LogP contribution in [0.3, 0.4) is 0 Å². The van der Waals surface area contributed by atoms with Crippen molar-refractivity contribution in [1.82, 2.24) is 19.6 Å². The Labute approximate surface area is 154 Å². The molecule has 0 spiro atoms. The zero-order valence-electron chi connectivity index (χ0n) is 14.6. The number of hydrogen-bond acceptors (Lipinski definition) is 5. The predicted octanol–water partition coefficient (Wildman–Crippen LogP) is 5.03. The fraction of sp³-hybridized carbons (Fsp3) is 0.294. The zero-order valence-corrected chi connectivity index (χ0v) is 16.2. The van der Waals surface area contributed by atoms with Gasteiger partial charge in [0.25, 0.3) is 0 Å². The van der Waals surface area contributed by atoms with Crippen molar-refractivity contribution < 1.29 is 0 Å². The summed E-state index contributed by atoms with van der Waals surface area (Å²) in [7, 11) is 0. The van der Waals surface area contributed by atoms with Crippen LogP contribution in [-0.4, -0.2) is 19.6 Å². The van der Waals surface area contributed by atoms with E-state index in [1.54, 1.807) is 4.68 Å². The smallest absolute Gasteiger partial charge is 0.187 e. The van der Waals surface area contributed by atoms with E-state index < -0.39 is 0 Å². The molecule has 0 radical (unpaired) electrons. The minimum absolute atomic E-state index is 0.171. The Morgan fingerprint density at radius 3 is 2.36 bits per heavy atom. The fourth-order valence-electron chi connectivity index (χ4n) is 2.49. The topological polar surface area (TPSA) is 86.4 Å². The SMILES string of the molecule is Cc1nn(C(C)C)c(N=Nc2c(C)nn(-c3ccccc3)c2N)c1Br. The average Bonchev–Trinajstić information content (AvgIpc) is 3.04. The first-order chi connectivity index (χ1) is 11.9. The number of halogens is 1. The molecular formula is C17H20BrN7. The van der Waals surface area contributed by atoms with Crippen molar-refractivity contribution >= 4 is 33.3 Å². The molecule has 0 saturated carbocycles. The van der Waals surface area contributed by atoms with Gasteiger partial charge in [-0.1, -0.05) is 18.2 Å². The second kappa shape index (κ2) is 6.79. The highest BCUT2D eigenvalue weighted by atomic mass is 79.9. The minimum atomic E-state index is 0.171. The number of azo groups is 1. The Hall–Kier alpha value is -2.48. The van der Waals surface area contributed by atoms with Gasteiger partial charge >= 0.3 is 0 Å². The molecule has 7 nitrogen and oxygen atoms in total. The van der Waals surface area contributed by atoms with Crippen molar-refractivity contribution in [3.05, 3.63) is 46.2 Å². The predicted molar refractivity (Wildman–Crippen MR) is 102 cm³/mol. The molecule has 130 valence electrons. The Morgan fingerprint density at radius 1 is 1.04 bits per heavy atom. The van der Waals surface area contributed by atoms with Crippen LogP contribution < -0.4 is 5.73 Å². The molecule has 2 N–H and O–H groups in total. The Morgan fingerprint density at radius 2 is 1.72 bits per heavy atom. The second-order valence-electron chi connectivity index (χ2n) is 6.03. The molecule has 0 atom stereocenters. The van der Waals surface area contributed by atoms with Gasteiger partial charge in [-0.2, -0.15) is 10.2 Å². The van der Waals surface area contributed by atoms with E-state index >= 15 is 0 Å². The van der Waals surface area contributed by atoms with E-state index in [0.29, 0.717) is 23.0 Å². The lowest BCUT2D eigenvalue weighted by atomic mass is 10.3. The fourth-order valence-corrected chi connectivity index (χ4v) is 2.83. The van der Waals surface area contributed by atoms with Crippen LogP contribution in [0.4, 0.5) is 17.3 Å². The maximum atomic E-state index is 6.25. The van der Waals surface area contributed by atoms with Crippen LogP contribution in [0.1, 0.15) is 31.3 Å². The van der Waals surface area contributed by atoms with Crippen molar-refractivity contribution in [1.29, 1.82) is 0 Å². The van der Waals surface area contributed by atoms with Crippen LogP contribution in [0.5, 0.6) is 0 Å². The van der Waals surface area contributed by atoms with Gasteiger partial charge < -0.3 is 5.73 Å². The molecule has 0 aliphatic rings. The summed E-state index contributed by atoms with van der Waals surface area (Å²) in [6.07, 6.45) is 0. The summed E-state index contributed by atoms with van der Waals surface area (Å²) in [5, 5.41) is 17.7. The van der Waals surface area contributed by atoms with Gasteiger partial charge in [-0.3, -0.25) is 0 Å². The van der Waals surface area contributed by atoms with Crippen LogP contribution in [0.15, 0.2) is 45.0 Å². The highest BCUT2D eigenvalue weighted by molar-refractivity contribution is 9.10. The molecule has 8 heteroatoms. The van der Waals surface area contributed by atoms with E-state index in [-0.39, 0.29) is 6.04 Å². The van der Waals surface area contributed by atoms with Gasteiger partial charge in [-0.25, -0.2) is 9.36 Å². The van der Waals surface area contributed by atoms with Crippen LogP contribution in [0, 0.1) is 13.8 Å². The molecule has 1 aromatic carbocycles. The molecule has 3 rings (SSSR count). The normalized spacial score (nSPS) is 11.8. The van der Waals surface area contributed by atoms with E-state index in [2.05, 4.69) is 36.4 Å². The van der Waals surface area contributed by atoms with Crippen LogP contribution in [0.2, 0.25) is 0 Å². The lowest BCUT2D eigenvalue weighted by molar-refractivity contribution is 0.531. The third kappa shape index (κ3) is 3.21. The largest absolute Gasteiger partial charge is 0.382 e. The van der Waals surface area contributed by atoms with Crippen LogP contribution in [-0.2, 0) is 0 Å². The second-order valence-corrected chi connectivity index (χ2v) is 6.82. The minimum Gasteiger partial charge on any atom is -0.382 e. The average molecular weight is 402 g/mol. The number of aromatic nitrogens is 4. The Bertz CT molecular complexity index is 922. The highest BCUT2D eigenvalue weighted by Gasteiger charge is 2.17. The molecule has 2 aromatic heterocycles. The maximum Gasteiger partial charge on any atom is 0.187 e. The van der Waals surface area contributed by atoms with Gasteiger partial charge in [-0.05, 0) is 55.8 Å². The molecule has 0 saturated heterocycles. The zero-order chi connectivity index (χ0) is 18.1. The van der Waals surface area contributed by atoms with Crippen molar-refractivity contribution in [3.8, 4) is 5.69 Å². The number of para-hydroxylation sites is 1. The molecule has 0 aliphatic carbocycles. The summed E-state index contributed by atoms with van der Waals surface area (Å²) in [5.41, 5.74) is 9.28. The first kappa shape index (κ1) is 17.3. The van der Waals surface area contributed by atoms with Crippen molar-refractivity contribution in [2.24, 2.45) is 10.2 Å². The van der Waals surface area contributed by atoms with Gasteiger partial charge in [0.2, 0.25) is 0 Å². The lowest BCUT2D eigenvalue weighted by Gasteiger charge is -2.06. The lowest BCUT2D eigenvalue weighted by Crippen LogP contribution is -2.02. The van der Waals surface area contributed by atoms with E-state index in [0.717, 1.165) is 15.9 Å². The molecule has 0 amide bonds. The summed E-state index contributed by atoms with van der Waals surface area (Å²) >= 11 is 3.53. The Balaban J connectivity index is 2.03. The van der Waals surface area contributed by atoms with Crippen molar-refractivity contribution in [2.45, 2.75) is 33.7 Å². The molecule has 25 heavy (non-hydrogen) atoms. The third-order valence-electron chi connectivity index (χ3n) is 3.79. The number of hydrogen-bond donors (Lipinski definition) is 1. The van der Waals surface area contributed by atoms with Crippen LogP contribution >= 0.6 is 15.9 Å². The van der Waals surface area contributed by atoms with Crippen LogP contribution in [0.25, 0.3) is 5.69 Å². The molecule has 0 unspecified atom stereocenters. The van der Waals surface area contributed by atoms with Gasteiger partial charge in [0, 0.05) is 6.04 Å². The first-order valence-electron chi connectivity index (χ1n) is 7.97. The summed E-state index contributed by atoms with van der Waals surface area (Å²) in [4.78, 5) is 0. The molecule has 0 bridgehead atoms. The highest BCUT2D eigenvalue weighted by Crippen LogP contribution is 2.35. The number of aryl methyl sites for hydroxylation is 2. The molecule has 0 aliphatic heterocycles. The molecule has 3 aromatic rings. The summed E-state index contributed by atoms with van der Waals surface area (Å²) in [5.74, 6) is 1.12. The molecule has 2 heterocycles. The van der Waals surface area contributed by atoms with Gasteiger partial charge in [0.15, 0.2) is 17.3 Å². The first-order valence-corrected chi connectivity index (χ1v) is 8.76. The standard InChI is InChI=1S/C17H20BrN7/c1-10(2)24-17(14(18)11(3)22-24)21-20-15-12(4)23-25(16(15)19)13-8-6-5-7-9-13/h5-10H,19H2,1-4H3. The summed E-state index contributed by atoms with van der Waals surface area (Å²) in [6, 6.07) is 9.88. The Kier molecular flexibility index (Phi) is 4.71. The number of anilines is 1. The number of nitrogens with two attached hydrogens (primary N) is 1. The number of benzene rings is 1. The van der Waals surface area contributed by atoms with Gasteiger partial charge in [-0.15, -0.1) is 10.2 Å². The quantitative estimate of drug-likeness (QED) is 0.621. The summed E-state index contributed by atoms with van der Waals surface area (Å²) in [6.45, 7) is 7.88. The van der Waals surface area contributed by atoms with Crippen molar-refractivity contribution in [3.63, 3.8) is 0 Å². The molecular weight excluding hydrogens is 382 g/mol. The summed E-state index contributed by atoms with van der Waals surface area (Å²) < 4.78 is 4.33. The van der Waals surface area contributed by atoms with E-state index in [1.807, 2.05) is 62.7 Å². The van der Waals surface area contributed by atoms with Gasteiger partial charge in [0.05, 0.1) is 21.5 Å². The number of rotatable bonds is 4. The van der Waals surface area contributed by atoms with Gasteiger partial charge in [0.1, 0.15) is 0 Å². The number of nitrogen functional groups attached to an aromatic ring is 1. The number of nitrogens with zero attached hydrogens (tertiary/aromatic N) is 6. The monoisotopic (exact) mass is 401 g/mol. The third-order valence-corrected chi connectivity index (χ3v) is 4.72. The van der Waals surface area contributed by atoms with E-state index in [4.69, 9.17) is 5.73 Å². The van der Waals surface area contributed by atoms with E-state index in [1.165, 1.54) is 0 Å².